The predicted molar refractivity (Wildman–Crippen MR) is 105 cm³/mol. The molecule has 0 unspecified atom stereocenters. The fraction of sp³-hybridized carbons (Fsp3) is 0.263. The van der Waals surface area contributed by atoms with Crippen LogP contribution in [0.2, 0.25) is 0 Å². The van der Waals surface area contributed by atoms with E-state index in [1.807, 2.05) is 12.1 Å². The summed E-state index contributed by atoms with van der Waals surface area (Å²) in [6.45, 7) is 5.27. The van der Waals surface area contributed by atoms with Gasteiger partial charge in [-0.25, -0.2) is 0 Å². The lowest BCUT2D eigenvalue weighted by molar-refractivity contribution is -0.137. The molecule has 0 aliphatic rings. The van der Waals surface area contributed by atoms with Crippen LogP contribution in [0.5, 0.6) is 0 Å². The summed E-state index contributed by atoms with van der Waals surface area (Å²) >= 11 is 3.34. The fourth-order valence-corrected chi connectivity index (χ4v) is 2.28. The van der Waals surface area contributed by atoms with Gasteiger partial charge in [-0.05, 0) is 48.5 Å². The molecule has 0 saturated carbocycles. The second kappa shape index (κ2) is 8.12. The highest BCUT2D eigenvalue weighted by Crippen LogP contribution is 2.29. The van der Waals surface area contributed by atoms with Gasteiger partial charge in [0.1, 0.15) is 0 Å². The Hall–Kier alpha value is -2.35. The quantitative estimate of drug-likeness (QED) is 0.351. The number of hydrogen-bond donors (Lipinski definition) is 2. The lowest BCUT2D eigenvalue weighted by atomic mass is 9.90. The maximum atomic E-state index is 12.7. The molecule has 2 aromatic rings. The van der Waals surface area contributed by atoms with Gasteiger partial charge in [0.25, 0.3) is 0 Å². The van der Waals surface area contributed by atoms with E-state index in [9.17, 15) is 18.0 Å². The number of alkyl halides is 3. The molecule has 2 aromatic carbocycles. The number of hydrazone groups is 1. The number of Topliss-reactive ketones (excluding diaryl/α,β-unsaturated/α-hetero) is 1. The van der Waals surface area contributed by atoms with Gasteiger partial charge in [0.05, 0.1) is 11.3 Å². The molecule has 144 valence electrons. The SMILES string of the molecule is CC(C)(C)C(=O)/C(=N\Nc1ccc(C(F)(F)F)cc1)Nc1ccc(Br)cc1. The smallest absolute Gasteiger partial charge is 0.336 e. The molecule has 0 saturated heterocycles. The highest BCUT2D eigenvalue weighted by molar-refractivity contribution is 9.10. The summed E-state index contributed by atoms with van der Waals surface area (Å²) in [5, 5.41) is 7.04. The Labute approximate surface area is 164 Å². The molecule has 0 radical (unpaired) electrons. The number of carbonyl (C=O) groups excluding carboxylic acids is 1. The van der Waals surface area contributed by atoms with E-state index in [-0.39, 0.29) is 11.6 Å². The van der Waals surface area contributed by atoms with Crippen molar-refractivity contribution in [2.45, 2.75) is 26.9 Å². The number of anilines is 2. The van der Waals surface area contributed by atoms with Crippen molar-refractivity contribution in [2.75, 3.05) is 10.7 Å². The molecule has 27 heavy (non-hydrogen) atoms. The number of carbonyl (C=O) groups is 1. The van der Waals surface area contributed by atoms with E-state index in [1.54, 1.807) is 32.9 Å². The molecular weight excluding hydrogens is 423 g/mol. The standard InChI is InChI=1S/C19H19BrF3N3O/c1-18(2,3)16(27)17(24-14-10-6-13(20)7-11-14)26-25-15-8-4-12(5-9-15)19(21,22)23/h4-11,25H,1-3H3,(H,24,26). The fourth-order valence-electron chi connectivity index (χ4n) is 2.01. The van der Waals surface area contributed by atoms with E-state index < -0.39 is 17.2 Å². The zero-order valence-corrected chi connectivity index (χ0v) is 16.6. The molecule has 0 atom stereocenters. The Morgan fingerprint density at radius 3 is 1.93 bits per heavy atom. The van der Waals surface area contributed by atoms with Crippen molar-refractivity contribution in [1.29, 1.82) is 0 Å². The molecule has 2 rings (SSSR count). The Bertz CT molecular complexity index is 823. The first-order valence-corrected chi connectivity index (χ1v) is 8.84. The third kappa shape index (κ3) is 6.09. The first-order valence-electron chi connectivity index (χ1n) is 8.05. The van der Waals surface area contributed by atoms with Crippen molar-refractivity contribution in [1.82, 2.24) is 0 Å². The van der Waals surface area contributed by atoms with Crippen LogP contribution in [0.4, 0.5) is 24.5 Å². The van der Waals surface area contributed by atoms with E-state index in [4.69, 9.17) is 0 Å². The van der Waals surface area contributed by atoms with Crippen LogP contribution < -0.4 is 10.7 Å². The average Bonchev–Trinajstić information content (AvgIpc) is 2.58. The zero-order valence-electron chi connectivity index (χ0n) is 15.0. The minimum atomic E-state index is -4.40. The van der Waals surface area contributed by atoms with Crippen LogP contribution in [0, 0.1) is 5.41 Å². The van der Waals surface area contributed by atoms with Gasteiger partial charge in [-0.3, -0.25) is 10.2 Å². The number of amidine groups is 1. The van der Waals surface area contributed by atoms with Crippen LogP contribution in [0.25, 0.3) is 0 Å². The topological polar surface area (TPSA) is 53.5 Å². The third-order valence-corrected chi connectivity index (χ3v) is 4.04. The van der Waals surface area contributed by atoms with Gasteiger partial charge >= 0.3 is 6.18 Å². The van der Waals surface area contributed by atoms with Gasteiger partial charge in [-0.2, -0.15) is 18.3 Å². The first-order chi connectivity index (χ1) is 12.5. The number of benzene rings is 2. The van der Waals surface area contributed by atoms with Gasteiger partial charge in [0.15, 0.2) is 5.84 Å². The lowest BCUT2D eigenvalue weighted by Crippen LogP contribution is -2.34. The third-order valence-electron chi connectivity index (χ3n) is 3.51. The molecule has 8 heteroatoms. The molecule has 0 spiro atoms. The average molecular weight is 442 g/mol. The van der Waals surface area contributed by atoms with Crippen LogP contribution in [0.15, 0.2) is 58.1 Å². The van der Waals surface area contributed by atoms with E-state index in [2.05, 4.69) is 31.8 Å². The first kappa shape index (κ1) is 21.0. The summed E-state index contributed by atoms with van der Waals surface area (Å²) < 4.78 is 38.8. The van der Waals surface area contributed by atoms with Gasteiger partial charge < -0.3 is 5.32 Å². The molecule has 2 N–H and O–H groups in total. The number of nitrogens with zero attached hydrogens (tertiary/aromatic N) is 1. The molecule has 0 aliphatic heterocycles. The maximum Gasteiger partial charge on any atom is 0.416 e. The monoisotopic (exact) mass is 441 g/mol. The molecule has 0 aliphatic carbocycles. The zero-order chi connectivity index (χ0) is 20.2. The Balaban J connectivity index is 2.24. The number of nitrogens with one attached hydrogen (secondary N) is 2. The van der Waals surface area contributed by atoms with Crippen molar-refractivity contribution >= 4 is 38.9 Å². The minimum absolute atomic E-state index is 0.0599. The van der Waals surface area contributed by atoms with E-state index >= 15 is 0 Å². The van der Waals surface area contributed by atoms with Gasteiger partial charge in [-0.1, -0.05) is 36.7 Å². The van der Waals surface area contributed by atoms with Crippen molar-refractivity contribution in [3.63, 3.8) is 0 Å². The van der Waals surface area contributed by atoms with Crippen molar-refractivity contribution in [2.24, 2.45) is 10.5 Å². The second-order valence-electron chi connectivity index (χ2n) is 6.86. The Morgan fingerprint density at radius 1 is 0.926 bits per heavy atom. The molecule has 0 bridgehead atoms. The van der Waals surface area contributed by atoms with Crippen LogP contribution >= 0.6 is 15.9 Å². The maximum absolute atomic E-state index is 12.7. The summed E-state index contributed by atoms with van der Waals surface area (Å²) in [6, 6.07) is 11.6. The van der Waals surface area contributed by atoms with E-state index in [0.717, 1.165) is 16.6 Å². The highest BCUT2D eigenvalue weighted by Gasteiger charge is 2.30. The highest BCUT2D eigenvalue weighted by atomic mass is 79.9. The van der Waals surface area contributed by atoms with E-state index in [0.29, 0.717) is 11.4 Å². The van der Waals surface area contributed by atoms with E-state index in [1.165, 1.54) is 12.1 Å². The Kier molecular flexibility index (Phi) is 6.30. The molecule has 0 fully saturated rings. The van der Waals surface area contributed by atoms with Gasteiger partial charge in [0.2, 0.25) is 5.78 Å². The summed E-state index contributed by atoms with van der Waals surface area (Å²) in [5.74, 6) is -0.186. The molecule has 0 aromatic heterocycles. The summed E-state index contributed by atoms with van der Waals surface area (Å²) in [7, 11) is 0. The minimum Gasteiger partial charge on any atom is -0.336 e. The molecule has 0 amide bonds. The summed E-state index contributed by atoms with van der Waals surface area (Å²) in [4.78, 5) is 12.7. The predicted octanol–water partition coefficient (Wildman–Crippen LogP) is 5.92. The summed E-state index contributed by atoms with van der Waals surface area (Å²) in [5.41, 5.74) is 2.18. The van der Waals surface area contributed by atoms with Crippen LogP contribution in [0.1, 0.15) is 26.3 Å². The lowest BCUT2D eigenvalue weighted by Gasteiger charge is -2.19. The largest absolute Gasteiger partial charge is 0.416 e. The molecule has 0 heterocycles. The van der Waals surface area contributed by atoms with Crippen molar-refractivity contribution in [3.8, 4) is 0 Å². The molecular formula is C19H19BrF3N3O. The number of hydrogen-bond acceptors (Lipinski definition) is 3. The van der Waals surface area contributed by atoms with Gasteiger partial charge in [-0.15, -0.1) is 0 Å². The van der Waals surface area contributed by atoms with Crippen molar-refractivity contribution in [3.05, 3.63) is 58.6 Å². The number of rotatable bonds is 4. The second-order valence-corrected chi connectivity index (χ2v) is 7.77. The van der Waals surface area contributed by atoms with Crippen LogP contribution in [-0.4, -0.2) is 11.6 Å². The number of halogens is 4. The van der Waals surface area contributed by atoms with Crippen LogP contribution in [0.3, 0.4) is 0 Å². The van der Waals surface area contributed by atoms with Gasteiger partial charge in [0, 0.05) is 15.6 Å². The van der Waals surface area contributed by atoms with Crippen molar-refractivity contribution < 1.29 is 18.0 Å². The normalized spacial score (nSPS) is 12.6. The summed E-state index contributed by atoms with van der Waals surface area (Å²) in [6.07, 6.45) is -4.40. The Morgan fingerprint density at radius 2 is 1.44 bits per heavy atom. The molecule has 4 nitrogen and oxygen atoms in total. The number of ketones is 1. The van der Waals surface area contributed by atoms with Crippen LogP contribution in [-0.2, 0) is 11.0 Å².